The zero-order valence-corrected chi connectivity index (χ0v) is 13.6. The van der Waals surface area contributed by atoms with Crippen LogP contribution < -0.4 is 0 Å². The largest absolute Gasteiger partial charge is 0.305 e. The van der Waals surface area contributed by atoms with E-state index in [2.05, 4.69) is 8.75 Å². The molecule has 3 aromatic rings. The summed E-state index contributed by atoms with van der Waals surface area (Å²) in [5, 5.41) is 22.5. The molecule has 0 aliphatic heterocycles. The summed E-state index contributed by atoms with van der Waals surface area (Å²) in [5.41, 5.74) is 0.372. The highest BCUT2D eigenvalue weighted by Gasteiger charge is 2.29. The van der Waals surface area contributed by atoms with Crippen LogP contribution in [0.4, 0.5) is 11.4 Å². The van der Waals surface area contributed by atoms with Gasteiger partial charge in [0.05, 0.1) is 33.2 Å². The van der Waals surface area contributed by atoms with Gasteiger partial charge in [0.1, 0.15) is 5.52 Å². The van der Waals surface area contributed by atoms with Gasteiger partial charge in [-0.25, -0.2) is 0 Å². The van der Waals surface area contributed by atoms with Crippen molar-refractivity contribution in [2.75, 3.05) is 0 Å². The number of hydrogen-bond acceptors (Lipinski definition) is 8. The zero-order valence-electron chi connectivity index (χ0n) is 12.8. The maximum atomic E-state index is 12.5. The molecule has 0 atom stereocenters. The van der Waals surface area contributed by atoms with Crippen LogP contribution in [0.2, 0.25) is 0 Å². The molecule has 10 heteroatoms. The van der Waals surface area contributed by atoms with Gasteiger partial charge < -0.3 is 0 Å². The molecule has 0 spiro atoms. The van der Waals surface area contributed by atoms with Gasteiger partial charge in [0.2, 0.25) is 0 Å². The molecule has 0 bridgehead atoms. The number of carbonyl (C=O) groups excluding carboxylic acids is 1. The van der Waals surface area contributed by atoms with Crippen LogP contribution in [-0.4, -0.2) is 24.4 Å². The lowest BCUT2D eigenvalue weighted by Gasteiger charge is -2.05. The van der Waals surface area contributed by atoms with Crippen LogP contribution in [0.1, 0.15) is 21.5 Å². The van der Waals surface area contributed by atoms with Crippen LogP contribution in [-0.2, 0) is 6.42 Å². The number of aromatic nitrogens is 2. The van der Waals surface area contributed by atoms with Crippen molar-refractivity contribution in [2.24, 2.45) is 0 Å². The first-order chi connectivity index (χ1) is 11.9. The van der Waals surface area contributed by atoms with E-state index in [1.165, 1.54) is 0 Å². The first kappa shape index (κ1) is 16.6. The van der Waals surface area contributed by atoms with Crippen LogP contribution >= 0.6 is 11.7 Å². The summed E-state index contributed by atoms with van der Waals surface area (Å²) in [6.07, 6.45) is -0.292. The number of nitrogens with zero attached hydrogens (tertiary/aromatic N) is 4. The fraction of sp³-hybridized carbons (Fsp3) is 0.133. The van der Waals surface area contributed by atoms with Gasteiger partial charge in [0, 0.05) is 12.0 Å². The van der Waals surface area contributed by atoms with Gasteiger partial charge in [-0.1, -0.05) is 29.8 Å². The first-order valence-electron chi connectivity index (χ1n) is 7.05. The summed E-state index contributed by atoms with van der Waals surface area (Å²) in [6.45, 7) is 1.87. The van der Waals surface area contributed by atoms with E-state index < -0.39 is 21.2 Å². The maximum absolute atomic E-state index is 12.5. The summed E-state index contributed by atoms with van der Waals surface area (Å²) in [7, 11) is 0. The Labute approximate surface area is 144 Å². The van der Waals surface area contributed by atoms with E-state index >= 15 is 0 Å². The quantitative estimate of drug-likeness (QED) is 0.389. The number of rotatable bonds is 5. The predicted molar refractivity (Wildman–Crippen MR) is 89.9 cm³/mol. The fourth-order valence-electron chi connectivity index (χ4n) is 2.44. The molecule has 2 aromatic carbocycles. The van der Waals surface area contributed by atoms with Crippen molar-refractivity contribution >= 4 is 39.9 Å². The van der Waals surface area contributed by atoms with Gasteiger partial charge in [-0.3, -0.25) is 25.0 Å². The van der Waals surface area contributed by atoms with Crippen LogP contribution in [0.15, 0.2) is 30.3 Å². The molecule has 0 aliphatic rings. The highest BCUT2D eigenvalue weighted by atomic mass is 32.1. The van der Waals surface area contributed by atoms with E-state index in [9.17, 15) is 25.0 Å². The highest BCUT2D eigenvalue weighted by molar-refractivity contribution is 7.00. The van der Waals surface area contributed by atoms with Crippen LogP contribution in [0.3, 0.4) is 0 Å². The molecule has 0 saturated heterocycles. The Bertz CT molecular complexity index is 1010. The fourth-order valence-corrected chi connectivity index (χ4v) is 3.02. The molecule has 0 fully saturated rings. The Morgan fingerprint density at radius 1 is 1.04 bits per heavy atom. The molecule has 126 valence electrons. The molecule has 1 aromatic heterocycles. The molecule has 1 heterocycles. The monoisotopic (exact) mass is 358 g/mol. The van der Waals surface area contributed by atoms with Crippen molar-refractivity contribution in [3.63, 3.8) is 0 Å². The Morgan fingerprint density at radius 3 is 2.24 bits per heavy atom. The Morgan fingerprint density at radius 2 is 1.64 bits per heavy atom. The molecule has 3 rings (SSSR count). The van der Waals surface area contributed by atoms with Gasteiger partial charge in [0.15, 0.2) is 11.3 Å². The number of Topliss-reactive ketones (excluding diaryl/α,β-unsaturated/α-hetero) is 1. The Balaban J connectivity index is 2.13. The van der Waals surface area contributed by atoms with Crippen molar-refractivity contribution in [1.82, 2.24) is 8.75 Å². The van der Waals surface area contributed by atoms with Gasteiger partial charge in [-0.05, 0) is 6.92 Å². The summed E-state index contributed by atoms with van der Waals surface area (Å²) in [5.74, 6) is -0.341. The number of nitro benzene ring substituents is 2. The van der Waals surface area contributed by atoms with E-state index in [0.717, 1.165) is 11.6 Å². The number of nitro groups is 2. The Kier molecular flexibility index (Phi) is 4.19. The molecule has 9 nitrogen and oxygen atoms in total. The lowest BCUT2D eigenvalue weighted by molar-refractivity contribution is -0.393. The third kappa shape index (κ3) is 3.06. The summed E-state index contributed by atoms with van der Waals surface area (Å²) < 4.78 is 7.78. The average molecular weight is 358 g/mol. The first-order valence-corrected chi connectivity index (χ1v) is 7.78. The van der Waals surface area contributed by atoms with Gasteiger partial charge in [0.25, 0.3) is 5.69 Å². The lowest BCUT2D eigenvalue weighted by atomic mass is 9.99. The summed E-state index contributed by atoms with van der Waals surface area (Å²) in [4.78, 5) is 33.5. The van der Waals surface area contributed by atoms with Crippen molar-refractivity contribution in [2.45, 2.75) is 13.3 Å². The minimum Gasteiger partial charge on any atom is -0.294 e. The molecule has 0 aliphatic carbocycles. The normalized spacial score (nSPS) is 10.8. The van der Waals surface area contributed by atoms with E-state index in [4.69, 9.17) is 0 Å². The lowest BCUT2D eigenvalue weighted by Crippen LogP contribution is -2.07. The molecule has 0 saturated carbocycles. The van der Waals surface area contributed by atoms with Crippen LogP contribution in [0, 0.1) is 27.2 Å². The topological polar surface area (TPSA) is 129 Å². The number of ketones is 1. The van der Waals surface area contributed by atoms with Gasteiger partial charge >= 0.3 is 5.69 Å². The SMILES string of the molecule is Cc1ccc(C(=O)Cc2c([N+](=O)[O-])cc([N+](=O)[O-])c3nsnc23)cc1. The van der Waals surface area contributed by atoms with E-state index in [-0.39, 0.29) is 28.8 Å². The van der Waals surface area contributed by atoms with Crippen molar-refractivity contribution in [3.8, 4) is 0 Å². The molecular weight excluding hydrogens is 348 g/mol. The molecular formula is C15H10N4O5S. The number of non-ortho nitro benzene ring substituents is 1. The zero-order chi connectivity index (χ0) is 18.1. The van der Waals surface area contributed by atoms with Crippen LogP contribution in [0.5, 0.6) is 0 Å². The smallest absolute Gasteiger partial charge is 0.294 e. The van der Waals surface area contributed by atoms with Gasteiger partial charge in [-0.2, -0.15) is 8.75 Å². The number of carbonyl (C=O) groups is 1. The summed E-state index contributed by atoms with van der Waals surface area (Å²) >= 11 is 0.706. The number of aryl methyl sites for hydroxylation is 1. The number of fused-ring (bicyclic) bond motifs is 1. The predicted octanol–water partition coefficient (Wildman–Crippen LogP) is 3.24. The third-order valence-corrected chi connectivity index (χ3v) is 4.23. The number of benzene rings is 2. The van der Waals surface area contributed by atoms with Crippen LogP contribution in [0.25, 0.3) is 11.0 Å². The standard InChI is InChI=1S/C15H10N4O5S/c1-8-2-4-9(5-3-8)13(20)6-10-11(18(21)22)7-12(19(23)24)15-14(10)16-25-17-15/h2-5,7H,6H2,1H3. The Hall–Kier alpha value is -3.27. The minimum atomic E-state index is -0.748. The molecule has 0 unspecified atom stereocenters. The second-order valence-electron chi connectivity index (χ2n) is 5.34. The van der Waals surface area contributed by atoms with Gasteiger partial charge in [-0.15, -0.1) is 0 Å². The van der Waals surface area contributed by atoms with Crippen molar-refractivity contribution in [3.05, 3.63) is 67.3 Å². The molecule has 25 heavy (non-hydrogen) atoms. The van der Waals surface area contributed by atoms with E-state index in [1.54, 1.807) is 24.3 Å². The number of hydrogen-bond donors (Lipinski definition) is 0. The highest BCUT2D eigenvalue weighted by Crippen LogP contribution is 2.35. The van der Waals surface area contributed by atoms with E-state index in [0.29, 0.717) is 17.3 Å². The second-order valence-corrected chi connectivity index (χ2v) is 5.86. The molecule has 0 amide bonds. The maximum Gasteiger partial charge on any atom is 0.305 e. The van der Waals surface area contributed by atoms with E-state index in [1.807, 2.05) is 6.92 Å². The minimum absolute atomic E-state index is 0.0198. The second kappa shape index (κ2) is 6.32. The molecule has 0 radical (unpaired) electrons. The third-order valence-electron chi connectivity index (χ3n) is 3.70. The molecule has 0 N–H and O–H groups in total. The van der Waals surface area contributed by atoms with Crippen molar-refractivity contribution < 1.29 is 14.6 Å². The summed E-state index contributed by atoms with van der Waals surface area (Å²) in [6, 6.07) is 7.62. The van der Waals surface area contributed by atoms with Crippen molar-refractivity contribution in [1.29, 1.82) is 0 Å². The average Bonchev–Trinajstić information content (AvgIpc) is 3.04.